The Kier molecular flexibility index (Phi) is 20.1. The number of hydrogen-bond acceptors (Lipinski definition) is 2. The lowest BCUT2D eigenvalue weighted by atomic mass is 10.2. The van der Waals surface area contributed by atoms with E-state index in [2.05, 4.69) is 9.80 Å². The molecule has 264 valence electrons. The van der Waals surface area contributed by atoms with E-state index in [9.17, 15) is 35.1 Å². The SMILES string of the molecule is ClC[N+]12CCN(CC1)CC2.ClC[N+]12CCN(CC1)CC2.Fc1c(F)c(F)c(I)c(I)c1F.Fc1c(F)c(F)c(I)c(I)c1F.[Cl-].[Cl-]. The van der Waals surface area contributed by atoms with Gasteiger partial charge in [0.25, 0.3) is 0 Å². The van der Waals surface area contributed by atoms with Crippen molar-refractivity contribution in [3.05, 3.63) is 60.8 Å². The van der Waals surface area contributed by atoms with Crippen molar-refractivity contribution >= 4 is 114 Å². The minimum absolute atomic E-state index is 0. The van der Waals surface area contributed by atoms with Crippen LogP contribution in [0.2, 0.25) is 0 Å². The van der Waals surface area contributed by atoms with Gasteiger partial charge in [-0.2, -0.15) is 0 Å². The van der Waals surface area contributed by atoms with Gasteiger partial charge in [0.2, 0.25) is 0 Å². The number of halogens is 16. The molecule has 0 N–H and O–H groups in total. The molecule has 0 radical (unpaired) electrons. The van der Waals surface area contributed by atoms with Crippen molar-refractivity contribution < 1.29 is 68.9 Å². The number of hydrogen-bond donors (Lipinski definition) is 0. The second kappa shape index (κ2) is 20.1. The zero-order valence-electron chi connectivity index (χ0n) is 23.7. The fraction of sp³-hybridized carbons (Fsp3) is 0.538. The van der Waals surface area contributed by atoms with Crippen molar-refractivity contribution in [1.29, 1.82) is 0 Å². The van der Waals surface area contributed by atoms with E-state index in [1.807, 2.05) is 0 Å². The minimum atomic E-state index is -1.77. The number of fused-ring (bicyclic) bond motifs is 6. The third-order valence-electron chi connectivity index (χ3n) is 8.16. The molecule has 0 aromatic heterocycles. The molecule has 6 saturated heterocycles. The van der Waals surface area contributed by atoms with E-state index in [0.717, 1.165) is 12.0 Å². The summed E-state index contributed by atoms with van der Waals surface area (Å²) in [5, 5.41) is 0. The highest BCUT2D eigenvalue weighted by Gasteiger charge is 2.38. The van der Waals surface area contributed by atoms with Crippen molar-refractivity contribution in [2.24, 2.45) is 0 Å². The topological polar surface area (TPSA) is 6.48 Å². The summed E-state index contributed by atoms with van der Waals surface area (Å²) in [6.45, 7) is 15.3. The molecule has 8 rings (SSSR count). The Morgan fingerprint density at radius 1 is 0.413 bits per heavy atom. The highest BCUT2D eigenvalue weighted by Crippen LogP contribution is 2.27. The summed E-state index contributed by atoms with van der Waals surface area (Å²) in [7, 11) is 0. The molecule has 20 heteroatoms. The average molecular weight is 1200 g/mol. The first-order valence-corrected chi connectivity index (χ1v) is 18.6. The standard InChI is InChI=1S/2C7H14ClN2.2C6F4I2.2ClH/c2*8-7-10-4-1-9(2-5-10)3-6-10;2*7-1-2(8)4(10)6(12)5(11)3(1)9;;/h2*1-7H2;;;2*1H/q2*+1;;;;/p-2. The molecule has 0 aliphatic carbocycles. The van der Waals surface area contributed by atoms with Crippen molar-refractivity contribution in [2.75, 3.05) is 90.5 Å². The lowest BCUT2D eigenvalue weighted by molar-refractivity contribution is -0.930. The molecular formula is C26H28Cl4F8I4N4. The molecule has 6 aliphatic rings. The van der Waals surface area contributed by atoms with Gasteiger partial charge in [0.15, 0.2) is 58.5 Å². The van der Waals surface area contributed by atoms with Gasteiger partial charge in [-0.1, -0.05) is 23.2 Å². The number of quaternary nitrogens is 2. The predicted octanol–water partition coefficient (Wildman–Crippen LogP) is 1.57. The Morgan fingerprint density at radius 2 is 0.587 bits per heavy atom. The molecule has 6 fully saturated rings. The molecule has 2 aromatic rings. The van der Waals surface area contributed by atoms with Crippen LogP contribution in [0.4, 0.5) is 35.1 Å². The summed E-state index contributed by atoms with van der Waals surface area (Å²) in [5.74, 6) is -12.5. The molecule has 4 nitrogen and oxygen atoms in total. The molecule has 4 bridgehead atoms. The van der Waals surface area contributed by atoms with E-state index in [-0.39, 0.29) is 39.1 Å². The first-order valence-electron chi connectivity index (χ1n) is 13.2. The Balaban J connectivity index is 0.000000303. The molecule has 0 saturated carbocycles. The molecule has 0 spiro atoms. The monoisotopic (exact) mass is 1200 g/mol. The largest absolute Gasteiger partial charge is 1.00 e. The normalized spacial score (nSPS) is 25.4. The van der Waals surface area contributed by atoms with Gasteiger partial charge >= 0.3 is 0 Å². The van der Waals surface area contributed by atoms with Gasteiger partial charge < -0.3 is 33.8 Å². The van der Waals surface area contributed by atoms with Crippen LogP contribution in [-0.2, 0) is 0 Å². The maximum atomic E-state index is 12.6. The highest BCUT2D eigenvalue weighted by molar-refractivity contribution is 14.1. The molecular weight excluding hydrogens is 1170 g/mol. The van der Waals surface area contributed by atoms with E-state index >= 15 is 0 Å². The van der Waals surface area contributed by atoms with E-state index in [4.69, 9.17) is 23.2 Å². The summed E-state index contributed by atoms with van der Waals surface area (Å²) in [5.41, 5.74) is 0. The Labute approximate surface area is 339 Å². The van der Waals surface area contributed by atoms with Gasteiger partial charge in [-0.3, -0.25) is 9.80 Å². The summed E-state index contributed by atoms with van der Waals surface area (Å²) < 4.78 is 102. The summed E-state index contributed by atoms with van der Waals surface area (Å²) >= 11 is 17.5. The van der Waals surface area contributed by atoms with E-state index in [0.29, 0.717) is 0 Å². The van der Waals surface area contributed by atoms with E-state index in [1.54, 1.807) is 0 Å². The zero-order valence-corrected chi connectivity index (χ0v) is 35.4. The van der Waals surface area contributed by atoms with E-state index in [1.165, 1.54) is 178 Å². The molecule has 6 heterocycles. The third kappa shape index (κ3) is 10.9. The fourth-order valence-corrected chi connectivity index (χ4v) is 7.59. The maximum Gasteiger partial charge on any atom is 0.198 e. The van der Waals surface area contributed by atoms with Gasteiger partial charge in [-0.15, -0.1) is 0 Å². The first kappa shape index (κ1) is 45.8. The maximum absolute atomic E-state index is 12.6. The lowest BCUT2D eigenvalue weighted by Gasteiger charge is -2.49. The molecule has 0 atom stereocenters. The molecule has 2 aromatic carbocycles. The van der Waals surface area contributed by atoms with Crippen LogP contribution in [0.15, 0.2) is 0 Å². The van der Waals surface area contributed by atoms with Crippen LogP contribution >= 0.6 is 114 Å². The van der Waals surface area contributed by atoms with Crippen molar-refractivity contribution in [3.63, 3.8) is 0 Å². The summed E-state index contributed by atoms with van der Waals surface area (Å²) in [6.07, 6.45) is 0. The molecule has 6 aliphatic heterocycles. The molecule has 46 heavy (non-hydrogen) atoms. The van der Waals surface area contributed by atoms with Crippen LogP contribution < -0.4 is 24.8 Å². The quantitative estimate of drug-likeness (QED) is 0.0859. The molecule has 0 unspecified atom stereocenters. The number of alkyl halides is 2. The van der Waals surface area contributed by atoms with E-state index < -0.39 is 46.5 Å². The number of piperazine rings is 6. The second-order valence-corrected chi connectivity index (χ2v) is 15.5. The molecule has 0 amide bonds. The Hall–Kier alpha value is 1.80. The number of benzene rings is 2. The Bertz CT molecular complexity index is 1000. The second-order valence-electron chi connectivity index (χ2n) is 10.7. The van der Waals surface area contributed by atoms with Crippen molar-refractivity contribution in [2.45, 2.75) is 0 Å². The van der Waals surface area contributed by atoms with Gasteiger partial charge in [0, 0.05) is 39.3 Å². The highest BCUT2D eigenvalue weighted by atomic mass is 127. The number of nitrogens with zero attached hydrogens (tertiary/aromatic N) is 4. The van der Waals surface area contributed by atoms with Gasteiger partial charge in [0.05, 0.1) is 53.5 Å². The zero-order chi connectivity index (χ0) is 33.0. The van der Waals surface area contributed by atoms with Crippen LogP contribution in [0.3, 0.4) is 0 Å². The first-order chi connectivity index (χ1) is 20.6. The van der Waals surface area contributed by atoms with Gasteiger partial charge in [-0.25, -0.2) is 35.1 Å². The van der Waals surface area contributed by atoms with Crippen LogP contribution in [-0.4, -0.2) is 109 Å². The van der Waals surface area contributed by atoms with Gasteiger partial charge in [-0.05, 0) is 90.4 Å². The fourth-order valence-electron chi connectivity index (χ4n) is 4.98. The van der Waals surface area contributed by atoms with Crippen LogP contribution in [0.25, 0.3) is 0 Å². The smallest absolute Gasteiger partial charge is 0.198 e. The lowest BCUT2D eigenvalue weighted by Crippen LogP contribution is -3.00. The predicted molar refractivity (Wildman–Crippen MR) is 187 cm³/mol. The minimum Gasteiger partial charge on any atom is -1.00 e. The van der Waals surface area contributed by atoms with Crippen LogP contribution in [0, 0.1) is 60.8 Å². The Morgan fingerprint density at radius 3 is 0.717 bits per heavy atom. The average Bonchev–Trinajstić information content (AvgIpc) is 3.09. The van der Waals surface area contributed by atoms with Crippen LogP contribution in [0.5, 0.6) is 0 Å². The van der Waals surface area contributed by atoms with Crippen molar-refractivity contribution in [3.8, 4) is 0 Å². The summed E-state index contributed by atoms with van der Waals surface area (Å²) in [6, 6.07) is 1.65. The van der Waals surface area contributed by atoms with Crippen LogP contribution in [0.1, 0.15) is 0 Å². The number of rotatable bonds is 2. The van der Waals surface area contributed by atoms with Crippen molar-refractivity contribution in [1.82, 2.24) is 9.80 Å². The summed E-state index contributed by atoms with van der Waals surface area (Å²) in [4.78, 5) is 5.07. The third-order valence-corrected chi connectivity index (χ3v) is 15.3. The van der Waals surface area contributed by atoms with Gasteiger partial charge in [0.1, 0.15) is 0 Å².